The largest absolute Gasteiger partial charge is 0.281 e. The molecule has 0 amide bonds. The Kier molecular flexibility index (Phi) is 2.87. The Morgan fingerprint density at radius 1 is 1.67 bits per heavy atom. The molecule has 84 valence electrons. The van der Waals surface area contributed by atoms with Gasteiger partial charge in [-0.3, -0.25) is 5.10 Å². The van der Waals surface area contributed by atoms with Gasteiger partial charge in [0.1, 0.15) is 4.90 Å². The fourth-order valence-corrected chi connectivity index (χ4v) is 3.68. The predicted octanol–water partition coefficient (Wildman–Crippen LogP) is 0.734. The van der Waals surface area contributed by atoms with E-state index in [2.05, 4.69) is 26.1 Å². The van der Waals surface area contributed by atoms with Gasteiger partial charge in [-0.1, -0.05) is 15.9 Å². The first-order chi connectivity index (χ1) is 7.05. The molecule has 0 bridgehead atoms. The van der Waals surface area contributed by atoms with E-state index >= 15 is 0 Å². The molecule has 7 heteroatoms. The molecule has 1 saturated heterocycles. The van der Waals surface area contributed by atoms with Crippen LogP contribution in [-0.2, 0) is 10.0 Å². The molecule has 0 atom stereocenters. The number of nitrogens with zero attached hydrogens (tertiary/aromatic N) is 2. The first-order valence-electron chi connectivity index (χ1n) is 4.61. The monoisotopic (exact) mass is 293 g/mol. The van der Waals surface area contributed by atoms with Crippen molar-refractivity contribution < 1.29 is 8.42 Å². The van der Waals surface area contributed by atoms with Gasteiger partial charge in [-0.2, -0.15) is 9.40 Å². The van der Waals surface area contributed by atoms with Gasteiger partial charge in [0.2, 0.25) is 10.0 Å². The molecule has 1 aromatic heterocycles. The van der Waals surface area contributed by atoms with Crippen molar-refractivity contribution in [1.82, 2.24) is 14.5 Å². The first-order valence-corrected chi connectivity index (χ1v) is 7.18. The highest BCUT2D eigenvalue weighted by Crippen LogP contribution is 2.26. The van der Waals surface area contributed by atoms with Crippen molar-refractivity contribution in [1.29, 1.82) is 0 Å². The number of halogens is 1. The van der Waals surface area contributed by atoms with Crippen LogP contribution < -0.4 is 0 Å². The molecule has 0 aliphatic carbocycles. The molecule has 0 unspecified atom stereocenters. The number of sulfonamides is 1. The second-order valence-corrected chi connectivity index (χ2v) is 6.26. The number of aromatic amines is 1. The van der Waals surface area contributed by atoms with Crippen molar-refractivity contribution in [2.75, 3.05) is 18.4 Å². The highest BCUT2D eigenvalue weighted by atomic mass is 79.9. The lowest BCUT2D eigenvalue weighted by Gasteiger charge is -2.36. The molecular weight excluding hydrogens is 282 g/mol. The van der Waals surface area contributed by atoms with E-state index in [0.717, 1.165) is 5.33 Å². The summed E-state index contributed by atoms with van der Waals surface area (Å²) in [6.07, 6.45) is 1.37. The van der Waals surface area contributed by atoms with Gasteiger partial charge in [-0.25, -0.2) is 8.42 Å². The second-order valence-electron chi connectivity index (χ2n) is 3.70. The van der Waals surface area contributed by atoms with Crippen LogP contribution in [0.1, 0.15) is 5.69 Å². The van der Waals surface area contributed by atoms with Gasteiger partial charge in [0, 0.05) is 18.4 Å². The second kappa shape index (κ2) is 3.88. The lowest BCUT2D eigenvalue weighted by atomic mass is 10.1. The smallest absolute Gasteiger partial charge is 0.246 e. The molecule has 0 saturated carbocycles. The molecule has 1 N–H and O–H groups in total. The van der Waals surface area contributed by atoms with E-state index in [1.165, 1.54) is 10.5 Å². The van der Waals surface area contributed by atoms with Crippen LogP contribution in [-0.4, -0.2) is 41.3 Å². The quantitative estimate of drug-likeness (QED) is 0.836. The number of nitrogens with one attached hydrogen (secondary N) is 1. The molecule has 15 heavy (non-hydrogen) atoms. The molecule has 0 radical (unpaired) electrons. The Hall–Kier alpha value is -0.400. The third kappa shape index (κ3) is 1.83. The highest BCUT2D eigenvalue weighted by Gasteiger charge is 2.37. The maximum absolute atomic E-state index is 12.0. The van der Waals surface area contributed by atoms with Gasteiger partial charge >= 0.3 is 0 Å². The standard InChI is InChI=1S/C8H12BrN3O2S/c1-6-8(3-10-11-6)15(13,14)12-4-7(2-9)5-12/h3,7H,2,4-5H2,1H3,(H,10,11). The van der Waals surface area contributed by atoms with Crippen LogP contribution in [0.15, 0.2) is 11.1 Å². The minimum atomic E-state index is -3.31. The Labute approximate surface area is 97.0 Å². The van der Waals surface area contributed by atoms with Crippen LogP contribution in [0.3, 0.4) is 0 Å². The summed E-state index contributed by atoms with van der Waals surface area (Å²) in [7, 11) is -3.31. The minimum absolute atomic E-state index is 0.288. The lowest BCUT2D eigenvalue weighted by molar-refractivity contribution is 0.223. The fourth-order valence-electron chi connectivity index (χ4n) is 1.56. The topological polar surface area (TPSA) is 66.1 Å². The van der Waals surface area contributed by atoms with Crippen LogP contribution in [0, 0.1) is 12.8 Å². The third-order valence-electron chi connectivity index (χ3n) is 2.54. The highest BCUT2D eigenvalue weighted by molar-refractivity contribution is 9.09. The minimum Gasteiger partial charge on any atom is -0.281 e. The van der Waals surface area contributed by atoms with E-state index in [1.54, 1.807) is 6.92 Å². The molecular formula is C8H12BrN3O2S. The van der Waals surface area contributed by atoms with Crippen molar-refractivity contribution in [3.8, 4) is 0 Å². The number of aromatic nitrogens is 2. The van der Waals surface area contributed by atoms with Gasteiger partial charge in [0.05, 0.1) is 11.9 Å². The summed E-state index contributed by atoms with van der Waals surface area (Å²) in [5, 5.41) is 7.22. The van der Waals surface area contributed by atoms with E-state index < -0.39 is 10.0 Å². The van der Waals surface area contributed by atoms with E-state index in [0.29, 0.717) is 24.7 Å². The summed E-state index contributed by atoms with van der Waals surface area (Å²) in [4.78, 5) is 0.288. The zero-order valence-corrected chi connectivity index (χ0v) is 10.7. The van der Waals surface area contributed by atoms with Crippen LogP contribution in [0.4, 0.5) is 0 Å². The van der Waals surface area contributed by atoms with E-state index in [1.807, 2.05) is 0 Å². The third-order valence-corrected chi connectivity index (χ3v) is 5.40. The number of alkyl halides is 1. The Balaban J connectivity index is 2.19. The molecule has 5 nitrogen and oxygen atoms in total. The van der Waals surface area contributed by atoms with Gasteiger partial charge in [0.25, 0.3) is 0 Å². The molecule has 1 aromatic rings. The summed E-state index contributed by atoms with van der Waals surface area (Å²) >= 11 is 3.34. The van der Waals surface area contributed by atoms with Crippen LogP contribution in [0.2, 0.25) is 0 Å². The summed E-state index contributed by atoms with van der Waals surface area (Å²) in [6, 6.07) is 0. The van der Waals surface area contributed by atoms with Crippen molar-refractivity contribution in [2.24, 2.45) is 5.92 Å². The predicted molar refractivity (Wildman–Crippen MR) is 59.4 cm³/mol. The SMILES string of the molecule is Cc1[nH]ncc1S(=O)(=O)N1CC(CBr)C1. The Bertz CT molecular complexity index is 450. The van der Waals surface area contributed by atoms with Crippen LogP contribution in [0.25, 0.3) is 0 Å². The normalized spacial score (nSPS) is 19.1. The van der Waals surface area contributed by atoms with Gasteiger partial charge < -0.3 is 0 Å². The van der Waals surface area contributed by atoms with Crippen LogP contribution in [0.5, 0.6) is 0 Å². The van der Waals surface area contributed by atoms with Crippen molar-refractivity contribution in [2.45, 2.75) is 11.8 Å². The van der Waals surface area contributed by atoms with Gasteiger partial charge in [0.15, 0.2) is 0 Å². The van der Waals surface area contributed by atoms with Gasteiger partial charge in [-0.15, -0.1) is 0 Å². The summed E-state index contributed by atoms with van der Waals surface area (Å²) in [6.45, 7) is 2.90. The zero-order valence-electron chi connectivity index (χ0n) is 8.27. The molecule has 2 heterocycles. The average Bonchev–Trinajstić information content (AvgIpc) is 2.49. The molecule has 2 rings (SSSR count). The molecule has 0 aromatic carbocycles. The lowest BCUT2D eigenvalue weighted by Crippen LogP contribution is -2.50. The summed E-state index contributed by atoms with van der Waals surface area (Å²) < 4.78 is 25.5. The number of hydrogen-bond acceptors (Lipinski definition) is 3. The number of rotatable bonds is 3. The molecule has 1 aliphatic heterocycles. The van der Waals surface area contributed by atoms with E-state index in [9.17, 15) is 8.42 Å². The summed E-state index contributed by atoms with van der Waals surface area (Å²) in [5.74, 6) is 0.437. The maximum Gasteiger partial charge on any atom is 0.246 e. The molecule has 1 aliphatic rings. The van der Waals surface area contributed by atoms with Crippen LogP contribution >= 0.6 is 15.9 Å². The Morgan fingerprint density at radius 3 is 2.80 bits per heavy atom. The molecule has 0 spiro atoms. The Morgan fingerprint density at radius 2 is 2.33 bits per heavy atom. The number of hydrogen-bond donors (Lipinski definition) is 1. The van der Waals surface area contributed by atoms with E-state index in [4.69, 9.17) is 0 Å². The molecule has 1 fully saturated rings. The summed E-state index contributed by atoms with van der Waals surface area (Å²) in [5.41, 5.74) is 0.595. The van der Waals surface area contributed by atoms with Gasteiger partial charge in [-0.05, 0) is 12.8 Å². The maximum atomic E-state index is 12.0. The zero-order chi connectivity index (χ0) is 11.1. The first kappa shape index (κ1) is 11.1. The fraction of sp³-hybridized carbons (Fsp3) is 0.625. The number of H-pyrrole nitrogens is 1. The van der Waals surface area contributed by atoms with Crippen molar-refractivity contribution in [3.05, 3.63) is 11.9 Å². The number of aryl methyl sites for hydroxylation is 1. The van der Waals surface area contributed by atoms with E-state index in [-0.39, 0.29) is 4.90 Å². The average molecular weight is 294 g/mol. The van der Waals surface area contributed by atoms with Crippen molar-refractivity contribution in [3.63, 3.8) is 0 Å². The van der Waals surface area contributed by atoms with Crippen molar-refractivity contribution >= 4 is 26.0 Å².